The van der Waals surface area contributed by atoms with Crippen LogP contribution in [-0.2, 0) is 16.1 Å². The zero-order valence-corrected chi connectivity index (χ0v) is 8.45. The second-order valence-electron chi connectivity index (χ2n) is 3.91. The minimum atomic E-state index is -0.684. The van der Waals surface area contributed by atoms with Crippen molar-refractivity contribution < 1.29 is 13.9 Å². The average molecular weight is 200 g/mol. The summed E-state index contributed by atoms with van der Waals surface area (Å²) in [7, 11) is 0. The van der Waals surface area contributed by atoms with E-state index < -0.39 is 17.6 Å². The van der Waals surface area contributed by atoms with E-state index in [0.717, 1.165) is 4.57 Å². The van der Waals surface area contributed by atoms with Crippen molar-refractivity contribution in [1.29, 1.82) is 0 Å². The summed E-state index contributed by atoms with van der Waals surface area (Å²) in [5, 5.41) is 0. The summed E-state index contributed by atoms with van der Waals surface area (Å²) >= 11 is 0. The highest BCUT2D eigenvalue weighted by Crippen LogP contribution is 2.08. The zero-order valence-electron chi connectivity index (χ0n) is 8.45. The van der Waals surface area contributed by atoms with Crippen LogP contribution >= 0.6 is 0 Å². The number of hydrogen-bond donors (Lipinski definition) is 0. The van der Waals surface area contributed by atoms with Gasteiger partial charge in [-0.2, -0.15) is 4.39 Å². The molecule has 0 unspecified atom stereocenters. The van der Waals surface area contributed by atoms with Crippen molar-refractivity contribution in [2.45, 2.75) is 32.9 Å². The summed E-state index contributed by atoms with van der Waals surface area (Å²) in [6, 6.07) is 0. The van der Waals surface area contributed by atoms with Gasteiger partial charge >= 0.3 is 5.97 Å². The molecule has 14 heavy (non-hydrogen) atoms. The molecule has 5 heteroatoms. The van der Waals surface area contributed by atoms with E-state index in [-0.39, 0.29) is 6.54 Å². The van der Waals surface area contributed by atoms with Crippen LogP contribution < -0.4 is 0 Å². The molecule has 0 saturated heterocycles. The lowest BCUT2D eigenvalue weighted by Crippen LogP contribution is -2.26. The van der Waals surface area contributed by atoms with Crippen LogP contribution in [0.25, 0.3) is 0 Å². The summed E-state index contributed by atoms with van der Waals surface area (Å²) in [6.07, 6.45) is 2.00. The molecule has 4 nitrogen and oxygen atoms in total. The third-order valence-corrected chi connectivity index (χ3v) is 1.38. The van der Waals surface area contributed by atoms with Crippen molar-refractivity contribution in [3.8, 4) is 0 Å². The van der Waals surface area contributed by atoms with E-state index in [4.69, 9.17) is 4.74 Å². The van der Waals surface area contributed by atoms with Crippen molar-refractivity contribution in [3.05, 3.63) is 18.5 Å². The number of nitrogens with zero attached hydrogens (tertiary/aromatic N) is 2. The van der Waals surface area contributed by atoms with Gasteiger partial charge in [0, 0.05) is 12.4 Å². The largest absolute Gasteiger partial charge is 0.459 e. The lowest BCUT2D eigenvalue weighted by atomic mass is 10.2. The quantitative estimate of drug-likeness (QED) is 0.677. The Balaban J connectivity index is 2.54. The highest BCUT2D eigenvalue weighted by Gasteiger charge is 2.17. The Morgan fingerprint density at radius 1 is 1.64 bits per heavy atom. The van der Waals surface area contributed by atoms with Crippen LogP contribution in [-0.4, -0.2) is 21.1 Å². The Kier molecular flexibility index (Phi) is 2.88. The highest BCUT2D eigenvalue weighted by atomic mass is 19.1. The van der Waals surface area contributed by atoms with Gasteiger partial charge in [0.25, 0.3) is 6.08 Å². The van der Waals surface area contributed by atoms with Crippen LogP contribution in [0, 0.1) is 6.08 Å². The second kappa shape index (κ2) is 3.77. The number of aromatic nitrogens is 2. The van der Waals surface area contributed by atoms with Gasteiger partial charge in [-0.25, -0.2) is 4.98 Å². The monoisotopic (exact) mass is 200 g/mol. The molecule has 0 bridgehead atoms. The van der Waals surface area contributed by atoms with Gasteiger partial charge in [-0.15, -0.1) is 0 Å². The number of halogens is 1. The van der Waals surface area contributed by atoms with Crippen LogP contribution in [0.4, 0.5) is 4.39 Å². The molecular weight excluding hydrogens is 187 g/mol. The number of ether oxygens (including phenoxy) is 1. The van der Waals surface area contributed by atoms with Crippen LogP contribution in [0.15, 0.2) is 12.4 Å². The number of esters is 1. The number of rotatable bonds is 2. The molecule has 0 aliphatic rings. The van der Waals surface area contributed by atoms with Crippen LogP contribution in [0.1, 0.15) is 20.8 Å². The number of carbonyl (C=O) groups is 1. The first-order valence-electron chi connectivity index (χ1n) is 4.27. The lowest BCUT2D eigenvalue weighted by Gasteiger charge is -2.19. The van der Waals surface area contributed by atoms with Gasteiger partial charge in [0.15, 0.2) is 0 Å². The first-order chi connectivity index (χ1) is 6.38. The topological polar surface area (TPSA) is 44.1 Å². The summed E-state index contributed by atoms with van der Waals surface area (Å²) in [4.78, 5) is 14.6. The second-order valence-corrected chi connectivity index (χ2v) is 3.91. The molecule has 78 valence electrons. The molecule has 0 aliphatic heterocycles. The van der Waals surface area contributed by atoms with E-state index in [0.29, 0.717) is 0 Å². The minimum absolute atomic E-state index is 0.150. The summed E-state index contributed by atoms with van der Waals surface area (Å²) < 4.78 is 18.9. The fourth-order valence-corrected chi connectivity index (χ4v) is 0.942. The lowest BCUT2D eigenvalue weighted by molar-refractivity contribution is -0.155. The van der Waals surface area contributed by atoms with Gasteiger partial charge in [0.05, 0.1) is 0 Å². The van der Waals surface area contributed by atoms with Gasteiger partial charge < -0.3 is 4.74 Å². The number of imidazole rings is 1. The Bertz CT molecular complexity index is 328. The molecule has 0 aliphatic carbocycles. The van der Waals surface area contributed by atoms with Crippen molar-refractivity contribution in [3.63, 3.8) is 0 Å². The molecule has 0 radical (unpaired) electrons. The van der Waals surface area contributed by atoms with E-state index in [9.17, 15) is 9.18 Å². The van der Waals surface area contributed by atoms with E-state index in [1.807, 2.05) is 0 Å². The van der Waals surface area contributed by atoms with E-state index in [1.54, 1.807) is 20.8 Å². The van der Waals surface area contributed by atoms with Gasteiger partial charge in [-0.05, 0) is 20.8 Å². The highest BCUT2D eigenvalue weighted by molar-refractivity contribution is 5.69. The predicted octanol–water partition coefficient (Wildman–Crippen LogP) is 1.36. The van der Waals surface area contributed by atoms with Crippen molar-refractivity contribution in [1.82, 2.24) is 9.55 Å². The molecule has 0 saturated carbocycles. The first-order valence-corrected chi connectivity index (χ1v) is 4.27. The van der Waals surface area contributed by atoms with Crippen molar-refractivity contribution >= 4 is 5.97 Å². The Labute approximate surface area is 81.7 Å². The third kappa shape index (κ3) is 3.16. The Morgan fingerprint density at radius 2 is 2.29 bits per heavy atom. The summed E-state index contributed by atoms with van der Waals surface area (Å²) in [5.41, 5.74) is -0.547. The fraction of sp³-hybridized carbons (Fsp3) is 0.556. The van der Waals surface area contributed by atoms with Crippen molar-refractivity contribution in [2.24, 2.45) is 0 Å². The standard InChI is InChI=1S/C9H13FN2O2/c1-9(2,3)14-7(13)6-12-5-4-11-8(12)10/h4-5H,6H2,1-3H3. The smallest absolute Gasteiger partial charge is 0.326 e. The maximum atomic E-state index is 12.8. The molecule has 0 aromatic carbocycles. The molecule has 0 N–H and O–H groups in total. The van der Waals surface area contributed by atoms with Crippen LogP contribution in [0.3, 0.4) is 0 Å². The average Bonchev–Trinajstić information content (AvgIpc) is 2.32. The molecule has 0 fully saturated rings. The van der Waals surface area contributed by atoms with E-state index in [1.165, 1.54) is 12.4 Å². The molecule has 1 heterocycles. The predicted molar refractivity (Wildman–Crippen MR) is 48.0 cm³/mol. The minimum Gasteiger partial charge on any atom is -0.459 e. The fourth-order valence-electron chi connectivity index (χ4n) is 0.942. The zero-order chi connectivity index (χ0) is 10.8. The maximum Gasteiger partial charge on any atom is 0.326 e. The normalized spacial score (nSPS) is 11.4. The van der Waals surface area contributed by atoms with Crippen LogP contribution in [0.5, 0.6) is 0 Å². The Hall–Kier alpha value is -1.39. The summed E-state index contributed by atoms with van der Waals surface area (Å²) in [5.74, 6) is -0.477. The van der Waals surface area contributed by atoms with E-state index >= 15 is 0 Å². The molecule has 0 spiro atoms. The van der Waals surface area contributed by atoms with Gasteiger partial charge in [0.2, 0.25) is 0 Å². The SMILES string of the molecule is CC(C)(C)OC(=O)Cn1ccnc1F. The maximum absolute atomic E-state index is 12.8. The van der Waals surface area contributed by atoms with Gasteiger partial charge in [-0.1, -0.05) is 0 Å². The molecule has 0 atom stereocenters. The summed E-state index contributed by atoms with van der Waals surface area (Å²) in [6.45, 7) is 5.13. The molecule has 0 amide bonds. The Morgan fingerprint density at radius 3 is 2.71 bits per heavy atom. The molecule has 1 aromatic rings. The molecular formula is C9H13FN2O2. The van der Waals surface area contributed by atoms with E-state index in [2.05, 4.69) is 4.98 Å². The van der Waals surface area contributed by atoms with Crippen molar-refractivity contribution in [2.75, 3.05) is 0 Å². The first kappa shape index (κ1) is 10.7. The number of carbonyl (C=O) groups excluding carboxylic acids is 1. The van der Waals surface area contributed by atoms with Crippen LogP contribution in [0.2, 0.25) is 0 Å². The van der Waals surface area contributed by atoms with Gasteiger partial charge in [-0.3, -0.25) is 9.36 Å². The number of hydrogen-bond acceptors (Lipinski definition) is 3. The molecule has 1 aromatic heterocycles. The van der Waals surface area contributed by atoms with Gasteiger partial charge in [0.1, 0.15) is 12.1 Å². The third-order valence-electron chi connectivity index (χ3n) is 1.38. The molecule has 1 rings (SSSR count).